The number of carbonyl (C=O) groups is 2. The summed E-state index contributed by atoms with van der Waals surface area (Å²) in [4.78, 5) is 30.3. The largest absolute Gasteiger partial charge is 0.381 e. The Hall–Kier alpha value is -1.14. The van der Waals surface area contributed by atoms with E-state index in [2.05, 4.69) is 4.90 Å². The Kier molecular flexibility index (Phi) is 4.28. The first-order chi connectivity index (χ1) is 13.0. The molecule has 0 radical (unpaired) electrons. The zero-order valence-corrected chi connectivity index (χ0v) is 16.3. The Morgan fingerprint density at radius 1 is 0.778 bits per heavy atom. The minimum Gasteiger partial charge on any atom is -0.381 e. The molecule has 0 unspecified atom stereocenters. The summed E-state index contributed by atoms with van der Waals surface area (Å²) in [6.07, 6.45) is 8.61. The summed E-state index contributed by atoms with van der Waals surface area (Å²) in [5, 5.41) is 0. The minimum absolute atomic E-state index is 0.0488. The lowest BCUT2D eigenvalue weighted by Crippen LogP contribution is -2.63. The molecule has 2 heterocycles. The second-order valence-corrected chi connectivity index (χ2v) is 10.1. The van der Waals surface area contributed by atoms with Gasteiger partial charge in [-0.05, 0) is 69.1 Å². The maximum absolute atomic E-state index is 13.5. The van der Waals surface area contributed by atoms with Crippen LogP contribution in [-0.2, 0) is 14.3 Å². The molecule has 4 bridgehead atoms. The van der Waals surface area contributed by atoms with Crippen LogP contribution < -0.4 is 5.73 Å². The third-order valence-corrected chi connectivity index (χ3v) is 8.16. The molecule has 4 aliphatic carbocycles. The van der Waals surface area contributed by atoms with Gasteiger partial charge in [0.1, 0.15) is 0 Å². The zero-order valence-electron chi connectivity index (χ0n) is 16.3. The maximum Gasteiger partial charge on any atom is 0.242 e. The van der Waals surface area contributed by atoms with Crippen LogP contribution in [0.5, 0.6) is 0 Å². The molecular formula is C21H33N3O3. The van der Waals surface area contributed by atoms with E-state index in [1.807, 2.05) is 4.90 Å². The van der Waals surface area contributed by atoms with E-state index in [9.17, 15) is 9.59 Å². The Balaban J connectivity index is 1.22. The minimum atomic E-state index is -0.773. The average Bonchev–Trinajstić information content (AvgIpc) is 2.66. The molecule has 2 saturated heterocycles. The van der Waals surface area contributed by atoms with Gasteiger partial charge in [0.2, 0.25) is 11.8 Å². The fourth-order valence-electron chi connectivity index (χ4n) is 7.09. The molecule has 0 spiro atoms. The van der Waals surface area contributed by atoms with Crippen molar-refractivity contribution in [2.24, 2.45) is 28.9 Å². The number of rotatable bonds is 2. The van der Waals surface area contributed by atoms with Crippen LogP contribution in [0.15, 0.2) is 0 Å². The highest BCUT2D eigenvalue weighted by atomic mass is 16.5. The van der Waals surface area contributed by atoms with Crippen molar-refractivity contribution < 1.29 is 14.3 Å². The fourth-order valence-corrected chi connectivity index (χ4v) is 7.09. The fraction of sp³-hybridized carbons (Fsp3) is 0.905. The number of ether oxygens (including phenoxy) is 1. The van der Waals surface area contributed by atoms with E-state index in [1.165, 1.54) is 19.3 Å². The van der Waals surface area contributed by atoms with Gasteiger partial charge in [-0.2, -0.15) is 0 Å². The van der Waals surface area contributed by atoms with Gasteiger partial charge >= 0.3 is 0 Å². The van der Waals surface area contributed by atoms with Crippen LogP contribution >= 0.6 is 0 Å². The molecule has 4 saturated carbocycles. The molecule has 0 aromatic carbocycles. The van der Waals surface area contributed by atoms with Crippen LogP contribution in [0, 0.1) is 23.2 Å². The Labute approximate surface area is 161 Å². The van der Waals surface area contributed by atoms with Crippen molar-refractivity contribution in [3.8, 4) is 0 Å². The number of hydrogen-bond acceptors (Lipinski definition) is 4. The Bertz CT molecular complexity index is 585. The second-order valence-electron chi connectivity index (χ2n) is 10.1. The van der Waals surface area contributed by atoms with Crippen LogP contribution in [0.4, 0.5) is 0 Å². The van der Waals surface area contributed by atoms with Crippen LogP contribution in [0.1, 0.15) is 51.4 Å². The third kappa shape index (κ3) is 3.00. The van der Waals surface area contributed by atoms with Gasteiger partial charge < -0.3 is 20.3 Å². The summed E-state index contributed by atoms with van der Waals surface area (Å²) in [5.41, 5.74) is 5.53. The molecular weight excluding hydrogens is 342 g/mol. The summed E-state index contributed by atoms with van der Waals surface area (Å²) in [6, 6.07) is 0. The zero-order chi connectivity index (χ0) is 18.6. The lowest BCUT2D eigenvalue weighted by atomic mass is 9.49. The van der Waals surface area contributed by atoms with Crippen LogP contribution in [-0.4, -0.2) is 66.5 Å². The lowest BCUT2D eigenvalue weighted by Gasteiger charge is -2.57. The summed E-state index contributed by atoms with van der Waals surface area (Å²) in [7, 11) is 0. The van der Waals surface area contributed by atoms with Crippen molar-refractivity contribution in [2.45, 2.75) is 56.9 Å². The van der Waals surface area contributed by atoms with Crippen molar-refractivity contribution in [2.75, 3.05) is 39.4 Å². The molecule has 6 nitrogen and oxygen atoms in total. The van der Waals surface area contributed by atoms with Crippen LogP contribution in [0.25, 0.3) is 0 Å². The quantitative estimate of drug-likeness (QED) is 0.791. The average molecular weight is 376 g/mol. The van der Waals surface area contributed by atoms with Gasteiger partial charge in [-0.25, -0.2) is 0 Å². The molecule has 0 aromatic heterocycles. The molecule has 27 heavy (non-hydrogen) atoms. The Morgan fingerprint density at radius 2 is 1.22 bits per heavy atom. The van der Waals surface area contributed by atoms with E-state index in [-0.39, 0.29) is 11.3 Å². The van der Waals surface area contributed by atoms with Crippen molar-refractivity contribution >= 4 is 11.8 Å². The van der Waals surface area contributed by atoms with Gasteiger partial charge in [-0.1, -0.05) is 0 Å². The van der Waals surface area contributed by atoms with E-state index in [4.69, 9.17) is 10.5 Å². The SMILES string of the molecule is NC1(C(=O)N2CCN(C(=O)C34CC5CC(CC(C5)C3)C4)CC2)CCOCC1. The Morgan fingerprint density at radius 3 is 1.70 bits per heavy atom. The summed E-state index contributed by atoms with van der Waals surface area (Å²) in [5.74, 6) is 2.80. The van der Waals surface area contributed by atoms with E-state index in [0.29, 0.717) is 58.1 Å². The smallest absolute Gasteiger partial charge is 0.242 e. The summed E-state index contributed by atoms with van der Waals surface area (Å²) in [6.45, 7) is 3.70. The van der Waals surface area contributed by atoms with Crippen LogP contribution in [0.3, 0.4) is 0 Å². The van der Waals surface area contributed by atoms with Gasteiger partial charge in [0.15, 0.2) is 0 Å². The summed E-state index contributed by atoms with van der Waals surface area (Å²) >= 11 is 0. The number of carbonyl (C=O) groups excluding carboxylic acids is 2. The highest BCUT2D eigenvalue weighted by Crippen LogP contribution is 2.60. The predicted octanol–water partition coefficient (Wildman–Crippen LogP) is 1.38. The van der Waals surface area contributed by atoms with Crippen molar-refractivity contribution in [3.63, 3.8) is 0 Å². The lowest BCUT2D eigenvalue weighted by molar-refractivity contribution is -0.161. The summed E-state index contributed by atoms with van der Waals surface area (Å²) < 4.78 is 5.36. The number of piperazine rings is 1. The molecule has 150 valence electrons. The van der Waals surface area contributed by atoms with Gasteiger partial charge in [0.25, 0.3) is 0 Å². The van der Waals surface area contributed by atoms with Crippen LogP contribution in [0.2, 0.25) is 0 Å². The molecule has 2 N–H and O–H groups in total. The maximum atomic E-state index is 13.5. The highest BCUT2D eigenvalue weighted by Gasteiger charge is 2.55. The van der Waals surface area contributed by atoms with Gasteiger partial charge in [-0.15, -0.1) is 0 Å². The molecule has 0 atom stereocenters. The first-order valence-corrected chi connectivity index (χ1v) is 10.9. The molecule has 2 amide bonds. The first-order valence-electron chi connectivity index (χ1n) is 10.9. The number of hydrogen-bond donors (Lipinski definition) is 1. The predicted molar refractivity (Wildman–Crippen MR) is 101 cm³/mol. The second kappa shape index (κ2) is 6.45. The van der Waals surface area contributed by atoms with Crippen molar-refractivity contribution in [1.29, 1.82) is 0 Å². The van der Waals surface area contributed by atoms with Crippen molar-refractivity contribution in [3.05, 3.63) is 0 Å². The molecule has 6 heteroatoms. The van der Waals surface area contributed by atoms with E-state index in [1.54, 1.807) is 0 Å². The van der Waals surface area contributed by atoms with Gasteiger partial charge in [-0.3, -0.25) is 9.59 Å². The normalized spacial score (nSPS) is 40.3. The number of nitrogens with zero attached hydrogens (tertiary/aromatic N) is 2. The number of nitrogens with two attached hydrogens (primary N) is 1. The third-order valence-electron chi connectivity index (χ3n) is 8.16. The first kappa shape index (κ1) is 17.9. The molecule has 6 aliphatic rings. The van der Waals surface area contributed by atoms with Gasteiger partial charge in [0.05, 0.1) is 11.0 Å². The molecule has 0 aromatic rings. The molecule has 6 rings (SSSR count). The van der Waals surface area contributed by atoms with E-state index in [0.717, 1.165) is 37.0 Å². The van der Waals surface area contributed by atoms with E-state index >= 15 is 0 Å². The topological polar surface area (TPSA) is 75.9 Å². The number of amides is 2. The highest BCUT2D eigenvalue weighted by molar-refractivity contribution is 5.87. The monoisotopic (exact) mass is 375 g/mol. The van der Waals surface area contributed by atoms with Crippen molar-refractivity contribution in [1.82, 2.24) is 9.80 Å². The molecule has 6 fully saturated rings. The molecule has 2 aliphatic heterocycles. The van der Waals surface area contributed by atoms with Gasteiger partial charge in [0, 0.05) is 39.4 Å². The van der Waals surface area contributed by atoms with E-state index < -0.39 is 5.54 Å². The standard InChI is InChI=1S/C21H33N3O3/c22-21(1-7-27-8-2-21)19(26)24-5-3-23(4-6-24)18(25)20-12-15-9-16(13-20)11-17(10-15)14-20/h15-17H,1-14,22H2.